The number of halogens is 1. The van der Waals surface area contributed by atoms with Crippen molar-refractivity contribution >= 4 is 34.0 Å². The number of ether oxygens (including phenoxy) is 1. The van der Waals surface area contributed by atoms with Crippen LogP contribution in [0, 0.1) is 13.7 Å². The molecule has 1 aromatic carbocycles. The maximum absolute atomic E-state index is 10.7. The molecule has 1 N–H and O–H groups in total. The lowest BCUT2D eigenvalue weighted by atomic mass is 9.98. The molecule has 0 bridgehead atoms. The Labute approximate surface area is 132 Å². The van der Waals surface area contributed by atoms with Gasteiger partial charge < -0.3 is 10.1 Å². The second kappa shape index (κ2) is 7.78. The zero-order chi connectivity index (χ0) is 14.4. The van der Waals surface area contributed by atoms with Gasteiger partial charge in [0, 0.05) is 27.9 Å². The third-order valence-electron chi connectivity index (χ3n) is 3.49. The van der Waals surface area contributed by atoms with E-state index in [2.05, 4.69) is 27.9 Å². The molecular weight excluding hydrogens is 371 g/mol. The molecule has 0 aliphatic heterocycles. The van der Waals surface area contributed by atoms with Gasteiger partial charge in [0.05, 0.1) is 17.6 Å². The molecule has 5 nitrogen and oxygen atoms in total. The summed E-state index contributed by atoms with van der Waals surface area (Å²) in [6, 6.07) is 4.85. The molecule has 1 aromatic rings. The number of nitrogens with zero attached hydrogens (tertiary/aromatic N) is 1. The molecule has 1 saturated carbocycles. The molecule has 20 heavy (non-hydrogen) atoms. The first-order valence-corrected chi connectivity index (χ1v) is 8.04. The van der Waals surface area contributed by atoms with Crippen LogP contribution in [0.15, 0.2) is 18.2 Å². The van der Waals surface area contributed by atoms with Crippen molar-refractivity contribution in [1.29, 1.82) is 0 Å². The number of nitro groups is 1. The van der Waals surface area contributed by atoms with Crippen molar-refractivity contribution in [3.63, 3.8) is 0 Å². The van der Waals surface area contributed by atoms with Crippen LogP contribution in [0.1, 0.15) is 32.1 Å². The minimum absolute atomic E-state index is 0.124. The van der Waals surface area contributed by atoms with Crippen molar-refractivity contribution < 1.29 is 9.66 Å². The van der Waals surface area contributed by atoms with E-state index in [-0.39, 0.29) is 10.6 Å². The largest absolute Gasteiger partial charge is 0.382 e. The summed E-state index contributed by atoms with van der Waals surface area (Å²) >= 11 is 2.11. The van der Waals surface area contributed by atoms with Gasteiger partial charge in [0.1, 0.15) is 0 Å². The molecule has 0 unspecified atom stereocenters. The minimum Gasteiger partial charge on any atom is -0.382 e. The predicted octanol–water partition coefficient (Wildman–Crippen LogP) is 3.96. The normalized spacial score (nSPS) is 16.1. The standard InChI is InChI=1S/C14H19IN2O3/c15-13-10-11(17(18)19)6-7-14(13)16-8-9-20-12-4-2-1-3-5-12/h6-7,10,12,16H,1-5,8-9H2. The van der Waals surface area contributed by atoms with E-state index in [4.69, 9.17) is 4.74 Å². The Morgan fingerprint density at radius 1 is 1.35 bits per heavy atom. The molecule has 0 amide bonds. The van der Waals surface area contributed by atoms with E-state index >= 15 is 0 Å². The van der Waals surface area contributed by atoms with Crippen LogP contribution >= 0.6 is 22.6 Å². The summed E-state index contributed by atoms with van der Waals surface area (Å²) in [5.74, 6) is 0. The Morgan fingerprint density at radius 3 is 2.75 bits per heavy atom. The Morgan fingerprint density at radius 2 is 2.10 bits per heavy atom. The van der Waals surface area contributed by atoms with Gasteiger partial charge in [0.2, 0.25) is 0 Å². The van der Waals surface area contributed by atoms with Crippen LogP contribution in [-0.4, -0.2) is 24.2 Å². The summed E-state index contributed by atoms with van der Waals surface area (Å²) < 4.78 is 6.69. The summed E-state index contributed by atoms with van der Waals surface area (Å²) in [6.07, 6.45) is 6.65. The first-order chi connectivity index (χ1) is 9.66. The van der Waals surface area contributed by atoms with Gasteiger partial charge in [-0.05, 0) is 41.5 Å². The van der Waals surface area contributed by atoms with E-state index < -0.39 is 0 Å². The molecule has 0 atom stereocenters. The smallest absolute Gasteiger partial charge is 0.270 e. The lowest BCUT2D eigenvalue weighted by Crippen LogP contribution is -2.20. The van der Waals surface area contributed by atoms with Crippen molar-refractivity contribution in [2.75, 3.05) is 18.5 Å². The fraction of sp³-hybridized carbons (Fsp3) is 0.571. The van der Waals surface area contributed by atoms with Crippen molar-refractivity contribution in [2.24, 2.45) is 0 Å². The van der Waals surface area contributed by atoms with Crippen molar-refractivity contribution in [1.82, 2.24) is 0 Å². The molecule has 0 spiro atoms. The van der Waals surface area contributed by atoms with Gasteiger partial charge in [-0.15, -0.1) is 0 Å². The van der Waals surface area contributed by atoms with E-state index in [1.165, 1.54) is 38.2 Å². The molecule has 6 heteroatoms. The van der Waals surface area contributed by atoms with Crippen LogP contribution in [0.4, 0.5) is 11.4 Å². The molecule has 1 aliphatic rings. The Hall–Kier alpha value is -0.890. The SMILES string of the molecule is O=[N+]([O-])c1ccc(NCCOC2CCCCC2)c(I)c1. The highest BCUT2D eigenvalue weighted by Crippen LogP contribution is 2.24. The second-order valence-electron chi connectivity index (χ2n) is 4.98. The lowest BCUT2D eigenvalue weighted by Gasteiger charge is -2.22. The Kier molecular flexibility index (Phi) is 6.03. The zero-order valence-corrected chi connectivity index (χ0v) is 13.5. The molecule has 0 aromatic heterocycles. The van der Waals surface area contributed by atoms with Crippen LogP contribution in [0.2, 0.25) is 0 Å². The first kappa shape index (κ1) is 15.5. The van der Waals surface area contributed by atoms with E-state index in [9.17, 15) is 10.1 Å². The number of hydrogen-bond acceptors (Lipinski definition) is 4. The van der Waals surface area contributed by atoms with Gasteiger partial charge in [-0.1, -0.05) is 19.3 Å². The van der Waals surface area contributed by atoms with Crippen molar-refractivity contribution in [2.45, 2.75) is 38.2 Å². The maximum Gasteiger partial charge on any atom is 0.270 e. The van der Waals surface area contributed by atoms with E-state index in [0.29, 0.717) is 12.7 Å². The van der Waals surface area contributed by atoms with Gasteiger partial charge in [0.15, 0.2) is 0 Å². The number of nitrogens with one attached hydrogen (secondary N) is 1. The van der Waals surface area contributed by atoms with Gasteiger partial charge in [-0.25, -0.2) is 0 Å². The number of nitro benzene ring substituents is 1. The fourth-order valence-electron chi connectivity index (χ4n) is 2.40. The summed E-state index contributed by atoms with van der Waals surface area (Å²) in [4.78, 5) is 10.3. The van der Waals surface area contributed by atoms with Crippen molar-refractivity contribution in [3.05, 3.63) is 31.9 Å². The third kappa shape index (κ3) is 4.59. The number of benzene rings is 1. The Balaban J connectivity index is 1.74. The van der Waals surface area contributed by atoms with Crippen LogP contribution in [-0.2, 0) is 4.74 Å². The van der Waals surface area contributed by atoms with E-state index in [1.54, 1.807) is 12.1 Å². The summed E-state index contributed by atoms with van der Waals surface area (Å²) in [5.41, 5.74) is 1.04. The van der Waals surface area contributed by atoms with Gasteiger partial charge in [0.25, 0.3) is 5.69 Å². The minimum atomic E-state index is -0.377. The number of anilines is 1. The third-order valence-corrected chi connectivity index (χ3v) is 4.38. The molecule has 0 heterocycles. The molecule has 0 saturated heterocycles. The topological polar surface area (TPSA) is 64.4 Å². The number of non-ortho nitro benzene ring substituents is 1. The van der Waals surface area contributed by atoms with Gasteiger partial charge in [-0.2, -0.15) is 0 Å². The highest BCUT2D eigenvalue weighted by molar-refractivity contribution is 14.1. The second-order valence-corrected chi connectivity index (χ2v) is 6.14. The average Bonchev–Trinajstić information content (AvgIpc) is 2.46. The molecule has 2 rings (SSSR count). The molecular formula is C14H19IN2O3. The summed E-state index contributed by atoms with van der Waals surface area (Å²) in [5, 5.41) is 13.9. The molecule has 110 valence electrons. The van der Waals surface area contributed by atoms with E-state index in [0.717, 1.165) is 15.8 Å². The zero-order valence-electron chi connectivity index (χ0n) is 11.3. The lowest BCUT2D eigenvalue weighted by molar-refractivity contribution is -0.384. The number of rotatable bonds is 6. The highest BCUT2D eigenvalue weighted by atomic mass is 127. The summed E-state index contributed by atoms with van der Waals surface area (Å²) in [6.45, 7) is 1.40. The molecule has 1 fully saturated rings. The molecule has 1 aliphatic carbocycles. The Bertz CT molecular complexity index is 462. The van der Waals surface area contributed by atoms with Crippen LogP contribution in [0.5, 0.6) is 0 Å². The highest BCUT2D eigenvalue weighted by Gasteiger charge is 2.13. The van der Waals surface area contributed by atoms with Crippen LogP contribution in [0.25, 0.3) is 0 Å². The fourth-order valence-corrected chi connectivity index (χ4v) is 3.09. The number of hydrogen-bond donors (Lipinski definition) is 1. The maximum atomic E-state index is 10.7. The predicted molar refractivity (Wildman–Crippen MR) is 87.1 cm³/mol. The summed E-state index contributed by atoms with van der Waals surface area (Å²) in [7, 11) is 0. The monoisotopic (exact) mass is 390 g/mol. The first-order valence-electron chi connectivity index (χ1n) is 6.96. The van der Waals surface area contributed by atoms with Gasteiger partial charge >= 0.3 is 0 Å². The van der Waals surface area contributed by atoms with E-state index in [1.807, 2.05) is 0 Å². The average molecular weight is 390 g/mol. The quantitative estimate of drug-likeness (QED) is 0.346. The van der Waals surface area contributed by atoms with Gasteiger partial charge in [-0.3, -0.25) is 10.1 Å². The van der Waals surface area contributed by atoms with Crippen LogP contribution in [0.3, 0.4) is 0 Å². The van der Waals surface area contributed by atoms with Crippen LogP contribution < -0.4 is 5.32 Å². The van der Waals surface area contributed by atoms with Crippen molar-refractivity contribution in [3.8, 4) is 0 Å². The molecule has 0 radical (unpaired) electrons.